The monoisotopic (exact) mass is 223 g/mol. The van der Waals surface area contributed by atoms with Crippen LogP contribution in [0.15, 0.2) is 24.3 Å². The van der Waals surface area contributed by atoms with Crippen molar-refractivity contribution in [1.82, 2.24) is 0 Å². The molecular formula is C12H17NO3. The van der Waals surface area contributed by atoms with Crippen LogP contribution in [0, 0.1) is 0 Å². The number of hydrogen-bond donors (Lipinski definition) is 2. The molecule has 4 nitrogen and oxygen atoms in total. The predicted octanol–water partition coefficient (Wildman–Crippen LogP) is -0.247. The summed E-state index contributed by atoms with van der Waals surface area (Å²) in [5.74, 6) is -1.62. The zero-order valence-electron chi connectivity index (χ0n) is 9.40. The smallest absolute Gasteiger partial charge is 0.335 e. The fourth-order valence-electron chi connectivity index (χ4n) is 1.62. The molecule has 0 aromatic heterocycles. The zero-order chi connectivity index (χ0) is 12.0. The Morgan fingerprint density at radius 1 is 1.31 bits per heavy atom. The van der Waals surface area contributed by atoms with E-state index in [1.807, 2.05) is 0 Å². The number of rotatable bonds is 1. The third-order valence-electron chi connectivity index (χ3n) is 2.57. The molecule has 4 heteroatoms. The molecule has 1 aromatic carbocycles. The molecule has 0 unspecified atom stereocenters. The van der Waals surface area contributed by atoms with Crippen molar-refractivity contribution in [2.75, 3.05) is 20.1 Å². The Kier molecular flexibility index (Phi) is 4.79. The summed E-state index contributed by atoms with van der Waals surface area (Å²) >= 11 is 0. The first-order chi connectivity index (χ1) is 7.61. The Hall–Kier alpha value is -1.55. The topological polar surface area (TPSA) is 64.8 Å². The van der Waals surface area contributed by atoms with Crippen molar-refractivity contribution in [2.24, 2.45) is 0 Å². The van der Waals surface area contributed by atoms with Gasteiger partial charge in [0.15, 0.2) is 0 Å². The molecule has 0 atom stereocenters. The number of quaternary nitrogens is 1. The van der Waals surface area contributed by atoms with Crippen molar-refractivity contribution < 1.29 is 19.9 Å². The van der Waals surface area contributed by atoms with Crippen molar-refractivity contribution in [3.8, 4) is 5.75 Å². The van der Waals surface area contributed by atoms with Gasteiger partial charge in [0.05, 0.1) is 25.7 Å². The lowest BCUT2D eigenvalue weighted by molar-refractivity contribution is -0.866. The molecule has 2 rings (SSSR count). The largest absolute Gasteiger partial charge is 0.872 e. The summed E-state index contributed by atoms with van der Waals surface area (Å²) in [4.78, 5) is 11.9. The van der Waals surface area contributed by atoms with E-state index in [0.29, 0.717) is 0 Å². The van der Waals surface area contributed by atoms with Gasteiger partial charge in [-0.1, -0.05) is 23.9 Å². The summed E-state index contributed by atoms with van der Waals surface area (Å²) in [7, 11) is 2.26. The van der Waals surface area contributed by atoms with Gasteiger partial charge in [0.25, 0.3) is 0 Å². The average Bonchev–Trinajstić information content (AvgIpc) is 2.70. The zero-order valence-corrected chi connectivity index (χ0v) is 9.40. The van der Waals surface area contributed by atoms with Crippen LogP contribution in [0.4, 0.5) is 0 Å². The van der Waals surface area contributed by atoms with Gasteiger partial charge in [0.2, 0.25) is 0 Å². The second-order valence-electron chi connectivity index (χ2n) is 3.97. The minimum atomic E-state index is -1.18. The van der Waals surface area contributed by atoms with Crippen LogP contribution >= 0.6 is 0 Å². The first-order valence-electron chi connectivity index (χ1n) is 5.42. The molecule has 1 heterocycles. The molecule has 1 aliphatic rings. The fourth-order valence-corrected chi connectivity index (χ4v) is 1.62. The summed E-state index contributed by atoms with van der Waals surface area (Å²) in [6, 6.07) is 5.54. The lowest BCUT2D eigenvalue weighted by Gasteiger charge is -2.07. The molecule has 1 aromatic rings. The third kappa shape index (κ3) is 3.90. The number of carbonyl (C=O) groups is 1. The van der Waals surface area contributed by atoms with Crippen molar-refractivity contribution in [1.29, 1.82) is 0 Å². The molecule has 0 spiro atoms. The highest BCUT2D eigenvalue weighted by Crippen LogP contribution is 2.10. The van der Waals surface area contributed by atoms with Crippen LogP contribution in [0.1, 0.15) is 23.2 Å². The number of aromatic carboxylic acids is 1. The number of benzene rings is 1. The Bertz CT molecular complexity index is 346. The number of para-hydroxylation sites is 1. The van der Waals surface area contributed by atoms with Gasteiger partial charge < -0.3 is 15.1 Å². The maximum Gasteiger partial charge on any atom is 0.335 e. The number of carboxylic acids is 1. The normalized spacial score (nSPS) is 15.3. The third-order valence-corrected chi connectivity index (χ3v) is 2.57. The van der Waals surface area contributed by atoms with Crippen LogP contribution in [0.5, 0.6) is 5.75 Å². The lowest BCUT2D eigenvalue weighted by atomic mass is 10.2. The molecule has 88 valence electrons. The van der Waals surface area contributed by atoms with Crippen LogP contribution in [-0.2, 0) is 0 Å². The van der Waals surface area contributed by atoms with E-state index < -0.39 is 11.7 Å². The van der Waals surface area contributed by atoms with Crippen LogP contribution in [0.2, 0.25) is 0 Å². The summed E-state index contributed by atoms with van der Waals surface area (Å²) in [5, 5.41) is 19.0. The molecular weight excluding hydrogens is 206 g/mol. The van der Waals surface area contributed by atoms with Crippen molar-refractivity contribution in [3.63, 3.8) is 0 Å². The Morgan fingerprint density at radius 2 is 1.88 bits per heavy atom. The highest BCUT2D eigenvalue weighted by molar-refractivity contribution is 5.90. The van der Waals surface area contributed by atoms with E-state index in [9.17, 15) is 9.90 Å². The predicted molar refractivity (Wildman–Crippen MR) is 58.7 cm³/mol. The van der Waals surface area contributed by atoms with E-state index in [4.69, 9.17) is 5.11 Å². The average molecular weight is 223 g/mol. The van der Waals surface area contributed by atoms with Crippen LogP contribution < -0.4 is 10.0 Å². The van der Waals surface area contributed by atoms with Gasteiger partial charge in [0.1, 0.15) is 0 Å². The quantitative estimate of drug-likeness (QED) is 0.690. The molecule has 2 N–H and O–H groups in total. The Labute approximate surface area is 95.1 Å². The summed E-state index contributed by atoms with van der Waals surface area (Å²) in [5.41, 5.74) is -0.178. The van der Waals surface area contributed by atoms with E-state index in [-0.39, 0.29) is 5.56 Å². The highest BCUT2D eigenvalue weighted by Gasteiger charge is 2.07. The van der Waals surface area contributed by atoms with Crippen molar-refractivity contribution in [2.45, 2.75) is 12.8 Å². The molecule has 1 fully saturated rings. The molecule has 1 saturated heterocycles. The van der Waals surface area contributed by atoms with Gasteiger partial charge >= 0.3 is 5.97 Å². The molecule has 0 radical (unpaired) electrons. The van der Waals surface area contributed by atoms with Crippen molar-refractivity contribution >= 4 is 5.97 Å². The van der Waals surface area contributed by atoms with Crippen LogP contribution in [0.25, 0.3) is 0 Å². The van der Waals surface area contributed by atoms with Gasteiger partial charge in [-0.15, -0.1) is 0 Å². The van der Waals surface area contributed by atoms with Crippen LogP contribution in [0.3, 0.4) is 0 Å². The minimum absolute atomic E-state index is 0.178. The maximum atomic E-state index is 10.7. The van der Waals surface area contributed by atoms with Gasteiger partial charge in [-0.2, -0.15) is 0 Å². The summed E-state index contributed by atoms with van der Waals surface area (Å²) in [6.07, 6.45) is 2.90. The first-order valence-corrected chi connectivity index (χ1v) is 5.42. The molecule has 1 aliphatic heterocycles. The van der Waals surface area contributed by atoms with E-state index >= 15 is 0 Å². The first kappa shape index (κ1) is 12.5. The molecule has 0 aliphatic carbocycles. The van der Waals surface area contributed by atoms with Gasteiger partial charge in [-0.3, -0.25) is 0 Å². The maximum absolute atomic E-state index is 10.7. The Balaban J connectivity index is 0.000000181. The van der Waals surface area contributed by atoms with E-state index in [1.165, 1.54) is 50.2 Å². The van der Waals surface area contributed by atoms with Crippen LogP contribution in [-0.4, -0.2) is 31.2 Å². The van der Waals surface area contributed by atoms with Gasteiger partial charge in [-0.25, -0.2) is 4.79 Å². The van der Waals surface area contributed by atoms with E-state index in [0.717, 1.165) is 0 Å². The standard InChI is InChI=1S/C7H6O3.C5H11N/c8-6-4-2-1-3-5(6)7(9)10;1-6-4-2-3-5-6/h1-4,8H,(H,9,10);2-5H2,1H3. The number of likely N-dealkylation sites (tertiary alicyclic amines) is 1. The molecule has 0 saturated carbocycles. The number of hydrogen-bond acceptors (Lipinski definition) is 2. The van der Waals surface area contributed by atoms with E-state index in [1.54, 1.807) is 4.90 Å². The second kappa shape index (κ2) is 6.12. The number of carboxylic acid groups (broad SMARTS) is 1. The highest BCUT2D eigenvalue weighted by atomic mass is 16.4. The molecule has 0 bridgehead atoms. The van der Waals surface area contributed by atoms with Crippen molar-refractivity contribution in [3.05, 3.63) is 29.8 Å². The molecule has 16 heavy (non-hydrogen) atoms. The minimum Gasteiger partial charge on any atom is -0.872 e. The fraction of sp³-hybridized carbons (Fsp3) is 0.417. The molecule has 0 amide bonds. The summed E-state index contributed by atoms with van der Waals surface area (Å²) < 4.78 is 0. The lowest BCUT2D eigenvalue weighted by Crippen LogP contribution is -3.06. The number of nitrogens with one attached hydrogen (secondary N) is 1. The summed E-state index contributed by atoms with van der Waals surface area (Å²) in [6.45, 7) is 2.81. The Morgan fingerprint density at radius 3 is 2.19 bits per heavy atom. The van der Waals surface area contributed by atoms with Gasteiger partial charge in [-0.05, 0) is 6.07 Å². The van der Waals surface area contributed by atoms with Gasteiger partial charge in [0, 0.05) is 12.8 Å². The SMILES string of the molecule is C[NH+]1CCCC1.O=C(O)c1ccccc1[O-]. The van der Waals surface area contributed by atoms with E-state index in [2.05, 4.69) is 7.05 Å². The second-order valence-corrected chi connectivity index (χ2v) is 3.97.